The molecule has 1 aromatic carbocycles. The minimum absolute atomic E-state index is 0.0181. The van der Waals surface area contributed by atoms with Gasteiger partial charge in [0.2, 0.25) is 0 Å². The van der Waals surface area contributed by atoms with Crippen LogP contribution < -0.4 is 10.4 Å². The summed E-state index contributed by atoms with van der Waals surface area (Å²) in [5.41, 5.74) is 1.29. The van der Waals surface area contributed by atoms with E-state index in [1.165, 1.54) is 113 Å². The smallest absolute Gasteiger partial charge is 0.332 e. The predicted octanol–water partition coefficient (Wildman–Crippen LogP) is 5.18. The fourth-order valence-electron chi connectivity index (χ4n) is 4.12. The monoisotopic (exact) mass is 506 g/mol. The van der Waals surface area contributed by atoms with E-state index < -0.39 is 11.9 Å². The van der Waals surface area contributed by atoms with Crippen LogP contribution in [0.5, 0.6) is 5.75 Å². The second-order valence-corrected chi connectivity index (χ2v) is 9.52. The SMILES string of the molecule is CCCC[N+](CCCC)(CCCC)CCCC.COC(=O)C=C(C)Nc1cc(O)ccc1CC(=O)[O-]. The van der Waals surface area contributed by atoms with Crippen molar-refractivity contribution >= 4 is 17.6 Å². The minimum Gasteiger partial charge on any atom is -0.550 e. The van der Waals surface area contributed by atoms with Gasteiger partial charge in [0.15, 0.2) is 0 Å². The van der Waals surface area contributed by atoms with Crippen LogP contribution in [-0.4, -0.2) is 54.8 Å². The summed E-state index contributed by atoms with van der Waals surface area (Å²) in [7, 11) is 1.25. The molecule has 0 saturated heterocycles. The topological polar surface area (TPSA) is 98.7 Å². The third-order valence-corrected chi connectivity index (χ3v) is 6.24. The second kappa shape index (κ2) is 19.6. The van der Waals surface area contributed by atoms with Crippen molar-refractivity contribution in [2.75, 3.05) is 38.6 Å². The first-order valence-electron chi connectivity index (χ1n) is 13.6. The van der Waals surface area contributed by atoms with Crippen LogP contribution in [-0.2, 0) is 20.7 Å². The Balaban J connectivity index is 0.000000686. The first-order chi connectivity index (χ1) is 17.2. The lowest BCUT2D eigenvalue weighted by Gasteiger charge is -2.39. The zero-order chi connectivity index (χ0) is 27.4. The molecule has 0 spiro atoms. The number of methoxy groups -OCH3 is 1. The number of ether oxygens (including phenoxy) is 1. The van der Waals surface area contributed by atoms with Gasteiger partial charge in [-0.25, -0.2) is 4.79 Å². The number of hydrogen-bond acceptors (Lipinski definition) is 6. The second-order valence-electron chi connectivity index (χ2n) is 9.52. The number of aliphatic carboxylic acids is 1. The Labute approximate surface area is 219 Å². The van der Waals surface area contributed by atoms with E-state index in [0.29, 0.717) is 16.9 Å². The molecule has 0 aliphatic carbocycles. The first-order valence-corrected chi connectivity index (χ1v) is 13.6. The number of anilines is 1. The molecule has 7 heteroatoms. The van der Waals surface area contributed by atoms with Gasteiger partial charge >= 0.3 is 5.97 Å². The normalized spacial score (nSPS) is 11.4. The molecule has 206 valence electrons. The number of nitrogens with zero attached hydrogens (tertiary/aromatic N) is 1. The Morgan fingerprint density at radius 1 is 0.944 bits per heavy atom. The molecule has 0 unspecified atom stereocenters. The van der Waals surface area contributed by atoms with E-state index in [1.807, 2.05) is 0 Å². The number of nitrogens with one attached hydrogen (secondary N) is 1. The summed E-state index contributed by atoms with van der Waals surface area (Å²) in [5.74, 6) is -1.79. The molecule has 1 aromatic rings. The van der Waals surface area contributed by atoms with Crippen molar-refractivity contribution in [1.82, 2.24) is 0 Å². The van der Waals surface area contributed by atoms with E-state index in [-0.39, 0.29) is 12.2 Å². The fraction of sp³-hybridized carbons (Fsp3) is 0.655. The molecule has 0 aliphatic rings. The summed E-state index contributed by atoms with van der Waals surface area (Å²) in [6, 6.07) is 4.22. The van der Waals surface area contributed by atoms with E-state index in [4.69, 9.17) is 0 Å². The van der Waals surface area contributed by atoms with E-state index in [0.717, 1.165) is 0 Å². The van der Waals surface area contributed by atoms with Gasteiger partial charge in [0, 0.05) is 35.9 Å². The standard InChI is InChI=1S/C16H36N.C13H15NO5/c1-5-9-13-17(14-10-6-2,15-11-7-3)16-12-8-4;1-8(5-13(18)19-2)14-11-7-10(15)4-3-9(11)6-12(16)17/h5-16H2,1-4H3;3-5,7,14-15H,6H2,1-2H3,(H,16,17)/q+1;/p-1. The molecule has 0 fully saturated rings. The number of aromatic hydroxyl groups is 1. The fourth-order valence-corrected chi connectivity index (χ4v) is 4.12. The average Bonchev–Trinajstić information content (AvgIpc) is 2.84. The molecule has 0 radical (unpaired) electrons. The largest absolute Gasteiger partial charge is 0.550 e. The van der Waals surface area contributed by atoms with Crippen molar-refractivity contribution in [1.29, 1.82) is 0 Å². The number of phenols is 1. The molecular weight excluding hydrogens is 456 g/mol. The maximum absolute atomic E-state index is 11.0. The van der Waals surface area contributed by atoms with Crippen molar-refractivity contribution in [2.24, 2.45) is 0 Å². The lowest BCUT2D eigenvalue weighted by molar-refractivity contribution is -0.929. The highest BCUT2D eigenvalue weighted by Crippen LogP contribution is 2.23. The Morgan fingerprint density at radius 2 is 1.42 bits per heavy atom. The number of rotatable bonds is 17. The number of phenolic OH excluding ortho intramolecular Hbond substituents is 1. The lowest BCUT2D eigenvalue weighted by Crippen LogP contribution is -2.50. The van der Waals surface area contributed by atoms with Gasteiger partial charge in [0.05, 0.1) is 33.3 Å². The zero-order valence-corrected chi connectivity index (χ0v) is 23.5. The van der Waals surface area contributed by atoms with Gasteiger partial charge < -0.3 is 29.5 Å². The summed E-state index contributed by atoms with van der Waals surface area (Å²) >= 11 is 0. The third kappa shape index (κ3) is 14.8. The van der Waals surface area contributed by atoms with Gasteiger partial charge in [-0.05, 0) is 44.2 Å². The summed E-state index contributed by atoms with van der Waals surface area (Å²) in [6.07, 6.45) is 12.0. The van der Waals surface area contributed by atoms with Crippen LogP contribution in [0.1, 0.15) is 91.5 Å². The predicted molar refractivity (Wildman–Crippen MR) is 146 cm³/mol. The Hall–Kier alpha value is -2.54. The van der Waals surface area contributed by atoms with Gasteiger partial charge in [-0.15, -0.1) is 0 Å². The van der Waals surface area contributed by atoms with E-state index in [2.05, 4.69) is 37.7 Å². The van der Waals surface area contributed by atoms with Crippen molar-refractivity contribution in [3.8, 4) is 5.75 Å². The number of hydrogen-bond donors (Lipinski definition) is 2. The number of carbonyl (C=O) groups is 2. The van der Waals surface area contributed by atoms with Gasteiger partial charge in [-0.2, -0.15) is 0 Å². The zero-order valence-electron chi connectivity index (χ0n) is 23.5. The molecule has 36 heavy (non-hydrogen) atoms. The Bertz CT molecular complexity index is 754. The number of carboxylic acid groups (broad SMARTS) is 1. The molecule has 0 aliphatic heterocycles. The lowest BCUT2D eigenvalue weighted by atomic mass is 10.1. The van der Waals surface area contributed by atoms with Gasteiger partial charge in [0.25, 0.3) is 0 Å². The van der Waals surface area contributed by atoms with Gasteiger partial charge in [-0.1, -0.05) is 59.4 Å². The molecule has 0 amide bonds. The summed E-state index contributed by atoms with van der Waals surface area (Å²) in [6.45, 7) is 16.6. The highest BCUT2D eigenvalue weighted by molar-refractivity contribution is 5.83. The molecule has 0 saturated carbocycles. The molecular formula is C29H50N2O5. The first kappa shape index (κ1) is 33.5. The number of allylic oxidation sites excluding steroid dienone is 1. The quantitative estimate of drug-likeness (QED) is 0.172. The molecule has 2 N–H and O–H groups in total. The van der Waals surface area contributed by atoms with Gasteiger partial charge in [0.1, 0.15) is 5.75 Å². The van der Waals surface area contributed by atoms with Crippen LogP contribution in [0, 0.1) is 0 Å². The molecule has 7 nitrogen and oxygen atoms in total. The van der Waals surface area contributed by atoms with Crippen LogP contribution >= 0.6 is 0 Å². The molecule has 0 heterocycles. The van der Waals surface area contributed by atoms with Crippen LogP contribution in [0.15, 0.2) is 30.0 Å². The van der Waals surface area contributed by atoms with Crippen molar-refractivity contribution in [3.63, 3.8) is 0 Å². The van der Waals surface area contributed by atoms with Crippen molar-refractivity contribution in [3.05, 3.63) is 35.5 Å². The van der Waals surface area contributed by atoms with Crippen LogP contribution in [0.2, 0.25) is 0 Å². The highest BCUT2D eigenvalue weighted by Gasteiger charge is 2.24. The maximum atomic E-state index is 11.0. The van der Waals surface area contributed by atoms with E-state index in [1.54, 1.807) is 6.92 Å². The summed E-state index contributed by atoms with van der Waals surface area (Å²) in [4.78, 5) is 21.7. The van der Waals surface area contributed by atoms with Crippen LogP contribution in [0.4, 0.5) is 5.69 Å². The molecule has 1 rings (SSSR count). The summed E-state index contributed by atoms with van der Waals surface area (Å²) < 4.78 is 5.89. The molecule has 0 aromatic heterocycles. The number of benzene rings is 1. The molecule has 0 atom stereocenters. The average molecular weight is 507 g/mol. The number of carbonyl (C=O) groups excluding carboxylic acids is 2. The van der Waals surface area contributed by atoms with E-state index >= 15 is 0 Å². The van der Waals surface area contributed by atoms with Crippen molar-refractivity contribution < 1.29 is 29.0 Å². The van der Waals surface area contributed by atoms with Gasteiger partial charge in [-0.3, -0.25) is 0 Å². The van der Waals surface area contributed by atoms with Crippen molar-refractivity contribution in [2.45, 2.75) is 92.4 Å². The van der Waals surface area contributed by atoms with E-state index in [9.17, 15) is 19.8 Å². The van der Waals surface area contributed by atoms with Crippen LogP contribution in [0.25, 0.3) is 0 Å². The minimum atomic E-state index is -1.23. The Morgan fingerprint density at radius 3 is 1.81 bits per heavy atom. The number of quaternary nitrogens is 1. The summed E-state index contributed by atoms with van der Waals surface area (Å²) in [5, 5.41) is 22.9. The molecule has 0 bridgehead atoms. The number of unbranched alkanes of at least 4 members (excludes halogenated alkanes) is 4. The highest BCUT2D eigenvalue weighted by atomic mass is 16.5. The Kier molecular flexibility index (Phi) is 18.2. The number of carboxylic acids is 1. The van der Waals surface area contributed by atoms with Crippen LogP contribution in [0.3, 0.4) is 0 Å². The third-order valence-electron chi connectivity index (χ3n) is 6.24. The number of esters is 1. The maximum Gasteiger partial charge on any atom is 0.332 e.